The molecule has 0 aliphatic rings. The highest BCUT2D eigenvalue weighted by Gasteiger charge is 2.12. The van der Waals surface area contributed by atoms with Gasteiger partial charge in [0.15, 0.2) is 11.6 Å². The van der Waals surface area contributed by atoms with E-state index in [1.807, 2.05) is 0 Å². The van der Waals surface area contributed by atoms with Gasteiger partial charge in [-0.2, -0.15) is 9.97 Å². The Kier molecular flexibility index (Phi) is 4.90. The average molecular weight is 394 g/mol. The molecule has 2 aromatic carbocycles. The second-order valence-electron chi connectivity index (χ2n) is 6.39. The summed E-state index contributed by atoms with van der Waals surface area (Å²) in [6, 6.07) is 12.7. The van der Waals surface area contributed by atoms with Gasteiger partial charge in [-0.15, -0.1) is 0 Å². The van der Waals surface area contributed by atoms with E-state index in [1.165, 1.54) is 18.5 Å². The van der Waals surface area contributed by atoms with Crippen LogP contribution in [0.3, 0.4) is 0 Å². The summed E-state index contributed by atoms with van der Waals surface area (Å²) in [6.07, 6.45) is 3.05. The zero-order valence-corrected chi connectivity index (χ0v) is 15.4. The van der Waals surface area contributed by atoms with Crippen molar-refractivity contribution in [1.82, 2.24) is 15.0 Å². The van der Waals surface area contributed by atoms with E-state index >= 15 is 0 Å². The quantitative estimate of drug-likeness (QED) is 0.540. The second kappa shape index (κ2) is 7.67. The van der Waals surface area contributed by atoms with Crippen LogP contribution in [-0.4, -0.2) is 27.1 Å². The van der Waals surface area contributed by atoms with Crippen LogP contribution in [0, 0.1) is 11.6 Å². The van der Waals surface area contributed by atoms with Crippen molar-refractivity contribution < 1.29 is 18.6 Å². The molecule has 0 spiro atoms. The molecule has 4 rings (SSSR count). The van der Waals surface area contributed by atoms with E-state index in [0.29, 0.717) is 16.7 Å². The summed E-state index contributed by atoms with van der Waals surface area (Å²) in [7, 11) is 1.78. The molecule has 0 aliphatic carbocycles. The Balaban J connectivity index is 1.50. The number of hydrogen-bond donors (Lipinski definition) is 1. The van der Waals surface area contributed by atoms with Crippen molar-refractivity contribution in [3.63, 3.8) is 0 Å². The molecule has 0 aliphatic heterocycles. The SMILES string of the molecule is CN(Cc1cccc(F)c1F)c1ccc(Oc2nc(O)c3ccncc3n2)cc1. The zero-order valence-electron chi connectivity index (χ0n) is 15.4. The van der Waals surface area contributed by atoms with E-state index in [4.69, 9.17) is 4.74 Å². The van der Waals surface area contributed by atoms with E-state index in [-0.39, 0.29) is 24.0 Å². The summed E-state index contributed by atoms with van der Waals surface area (Å²) in [5.41, 5.74) is 1.51. The molecule has 4 aromatic rings. The number of rotatable bonds is 5. The molecular weight excluding hydrogens is 378 g/mol. The summed E-state index contributed by atoms with van der Waals surface area (Å²) < 4.78 is 32.9. The lowest BCUT2D eigenvalue weighted by Gasteiger charge is -2.20. The molecule has 29 heavy (non-hydrogen) atoms. The predicted octanol–water partition coefficient (Wildman–Crippen LogP) is 4.44. The molecule has 0 saturated heterocycles. The number of hydrogen-bond acceptors (Lipinski definition) is 6. The van der Waals surface area contributed by atoms with Crippen molar-refractivity contribution in [2.24, 2.45) is 0 Å². The van der Waals surface area contributed by atoms with Crippen LogP contribution in [-0.2, 0) is 6.54 Å². The maximum absolute atomic E-state index is 13.9. The molecule has 2 aromatic heterocycles. The minimum Gasteiger partial charge on any atom is -0.493 e. The first-order valence-electron chi connectivity index (χ1n) is 8.74. The number of halogens is 2. The van der Waals surface area contributed by atoms with Crippen LogP contribution >= 0.6 is 0 Å². The van der Waals surface area contributed by atoms with Gasteiger partial charge in [-0.1, -0.05) is 12.1 Å². The second-order valence-corrected chi connectivity index (χ2v) is 6.39. The summed E-state index contributed by atoms with van der Waals surface area (Å²) >= 11 is 0. The molecule has 0 saturated carbocycles. The number of anilines is 1. The van der Waals surface area contributed by atoms with Crippen LogP contribution in [0.25, 0.3) is 10.9 Å². The van der Waals surface area contributed by atoms with Gasteiger partial charge in [-0.05, 0) is 36.4 Å². The zero-order chi connectivity index (χ0) is 20.4. The maximum atomic E-state index is 13.9. The number of pyridine rings is 1. The van der Waals surface area contributed by atoms with Crippen LogP contribution in [0.1, 0.15) is 5.56 Å². The van der Waals surface area contributed by atoms with Crippen molar-refractivity contribution in [3.8, 4) is 17.6 Å². The number of ether oxygens (including phenoxy) is 1. The summed E-state index contributed by atoms with van der Waals surface area (Å²) in [4.78, 5) is 13.9. The van der Waals surface area contributed by atoms with Crippen molar-refractivity contribution in [1.29, 1.82) is 0 Å². The Hall–Kier alpha value is -3.81. The lowest BCUT2D eigenvalue weighted by Crippen LogP contribution is -2.17. The topological polar surface area (TPSA) is 71.4 Å². The highest BCUT2D eigenvalue weighted by Crippen LogP contribution is 2.27. The molecule has 0 bridgehead atoms. The normalized spacial score (nSPS) is 10.9. The Morgan fingerprint density at radius 1 is 1.03 bits per heavy atom. The average Bonchev–Trinajstić information content (AvgIpc) is 2.72. The molecule has 6 nitrogen and oxygen atoms in total. The van der Waals surface area contributed by atoms with Crippen LogP contribution in [0.15, 0.2) is 60.9 Å². The van der Waals surface area contributed by atoms with Crippen molar-refractivity contribution in [2.45, 2.75) is 6.54 Å². The van der Waals surface area contributed by atoms with Gasteiger partial charge in [0.1, 0.15) is 5.75 Å². The van der Waals surface area contributed by atoms with E-state index in [1.54, 1.807) is 48.3 Å². The molecule has 0 atom stereocenters. The molecule has 1 N–H and O–H groups in total. The molecule has 0 unspecified atom stereocenters. The number of benzene rings is 2. The fourth-order valence-electron chi connectivity index (χ4n) is 2.88. The van der Waals surface area contributed by atoms with Crippen LogP contribution in [0.2, 0.25) is 0 Å². The molecule has 2 heterocycles. The maximum Gasteiger partial charge on any atom is 0.325 e. The molecule has 0 amide bonds. The third kappa shape index (κ3) is 3.91. The first-order valence-corrected chi connectivity index (χ1v) is 8.74. The molecular formula is C21H16F2N4O2. The van der Waals surface area contributed by atoms with Crippen LogP contribution < -0.4 is 9.64 Å². The van der Waals surface area contributed by atoms with E-state index in [9.17, 15) is 13.9 Å². The Labute approximate surface area is 165 Å². The van der Waals surface area contributed by atoms with Gasteiger partial charge in [-0.3, -0.25) is 4.98 Å². The highest BCUT2D eigenvalue weighted by atomic mass is 19.2. The highest BCUT2D eigenvalue weighted by molar-refractivity contribution is 5.82. The Morgan fingerprint density at radius 3 is 2.62 bits per heavy atom. The van der Waals surface area contributed by atoms with Crippen LogP contribution in [0.5, 0.6) is 17.6 Å². The number of fused-ring (bicyclic) bond motifs is 1. The summed E-state index contributed by atoms with van der Waals surface area (Å²) in [6.45, 7) is 0.207. The van der Waals surface area contributed by atoms with Crippen molar-refractivity contribution >= 4 is 16.6 Å². The van der Waals surface area contributed by atoms with Gasteiger partial charge in [0.25, 0.3) is 0 Å². The summed E-state index contributed by atoms with van der Waals surface area (Å²) in [5.74, 6) is -1.45. The van der Waals surface area contributed by atoms with Gasteiger partial charge in [-0.25, -0.2) is 8.78 Å². The van der Waals surface area contributed by atoms with Crippen molar-refractivity contribution in [2.75, 3.05) is 11.9 Å². The van der Waals surface area contributed by atoms with Gasteiger partial charge >= 0.3 is 6.01 Å². The Morgan fingerprint density at radius 2 is 1.83 bits per heavy atom. The van der Waals surface area contributed by atoms with E-state index in [2.05, 4.69) is 15.0 Å². The minimum absolute atomic E-state index is 0.00839. The minimum atomic E-state index is -0.867. The fraction of sp³-hybridized carbons (Fsp3) is 0.0952. The third-order valence-electron chi connectivity index (χ3n) is 4.38. The molecule has 8 heteroatoms. The van der Waals surface area contributed by atoms with E-state index in [0.717, 1.165) is 11.8 Å². The Bertz CT molecular complexity index is 1170. The molecule has 0 fully saturated rings. The monoisotopic (exact) mass is 394 g/mol. The number of aromatic hydroxyl groups is 1. The van der Waals surface area contributed by atoms with Crippen molar-refractivity contribution in [3.05, 3.63) is 78.1 Å². The lowest BCUT2D eigenvalue weighted by molar-refractivity contribution is 0.412. The lowest BCUT2D eigenvalue weighted by atomic mass is 10.2. The third-order valence-corrected chi connectivity index (χ3v) is 4.38. The predicted molar refractivity (Wildman–Crippen MR) is 104 cm³/mol. The molecule has 146 valence electrons. The largest absolute Gasteiger partial charge is 0.493 e. The number of aromatic nitrogens is 3. The van der Waals surface area contributed by atoms with Gasteiger partial charge in [0.2, 0.25) is 5.88 Å². The fourth-order valence-corrected chi connectivity index (χ4v) is 2.88. The van der Waals surface area contributed by atoms with Gasteiger partial charge < -0.3 is 14.7 Å². The number of nitrogens with zero attached hydrogens (tertiary/aromatic N) is 4. The summed E-state index contributed by atoms with van der Waals surface area (Å²) in [5, 5.41) is 10.5. The first kappa shape index (κ1) is 18.5. The van der Waals surface area contributed by atoms with E-state index < -0.39 is 11.6 Å². The van der Waals surface area contributed by atoms with Gasteiger partial charge in [0, 0.05) is 31.0 Å². The first-order chi connectivity index (χ1) is 14.0. The van der Waals surface area contributed by atoms with Gasteiger partial charge in [0.05, 0.1) is 17.1 Å². The molecule has 0 radical (unpaired) electrons. The van der Waals surface area contributed by atoms with Crippen LogP contribution in [0.4, 0.5) is 14.5 Å². The smallest absolute Gasteiger partial charge is 0.325 e. The standard InChI is InChI=1S/C21H16F2N4O2/c1-27(12-13-3-2-4-17(22)19(13)23)14-5-7-15(8-6-14)29-21-25-18-11-24-10-9-16(18)20(28)26-21/h2-11H,12H2,1H3,(H,25,26,28).